The number of benzene rings is 2. The van der Waals surface area contributed by atoms with Crippen LogP contribution in [0.2, 0.25) is 0 Å². The van der Waals surface area contributed by atoms with E-state index in [0.29, 0.717) is 6.61 Å². The molecular weight excluding hydrogens is 260 g/mol. The van der Waals surface area contributed by atoms with Crippen molar-refractivity contribution in [2.24, 2.45) is 0 Å². The maximum Gasteiger partial charge on any atom is 0.119 e. The summed E-state index contributed by atoms with van der Waals surface area (Å²) < 4.78 is 5.88. The van der Waals surface area contributed by atoms with E-state index in [4.69, 9.17) is 4.74 Å². The number of ether oxygens (including phenoxy) is 1. The molecule has 0 radical (unpaired) electrons. The van der Waals surface area contributed by atoms with Gasteiger partial charge in [0.05, 0.1) is 6.10 Å². The molecule has 0 aromatic heterocycles. The van der Waals surface area contributed by atoms with E-state index >= 15 is 0 Å². The molecule has 2 aromatic carbocycles. The smallest absolute Gasteiger partial charge is 0.119 e. The Hall–Kier alpha value is -1.80. The fourth-order valence-electron chi connectivity index (χ4n) is 2.61. The number of rotatable bonds is 5. The maximum absolute atomic E-state index is 9.79. The molecule has 1 N–H and O–H groups in total. The Bertz CT molecular complexity index is 576. The van der Waals surface area contributed by atoms with Gasteiger partial charge in [-0.15, -0.1) is 0 Å². The fraction of sp³-hybridized carbons (Fsp3) is 0.368. The van der Waals surface area contributed by atoms with Crippen LogP contribution in [0.5, 0.6) is 5.75 Å². The minimum Gasteiger partial charge on any atom is -0.489 e. The molecule has 0 saturated carbocycles. The second-order valence-corrected chi connectivity index (χ2v) is 5.66. The molecule has 2 aromatic rings. The average Bonchev–Trinajstić information content (AvgIpc) is 2.46. The van der Waals surface area contributed by atoms with E-state index < -0.39 is 0 Å². The Balaban J connectivity index is 2.07. The minimum absolute atomic E-state index is 0.388. The number of aliphatic hydroxyl groups excluding tert-OH is 1. The van der Waals surface area contributed by atoms with Crippen LogP contribution in [0, 0.1) is 20.8 Å². The first-order valence-corrected chi connectivity index (χ1v) is 7.48. The van der Waals surface area contributed by atoms with E-state index in [1.165, 1.54) is 22.3 Å². The summed E-state index contributed by atoms with van der Waals surface area (Å²) in [5.41, 5.74) is 6.01. The van der Waals surface area contributed by atoms with Gasteiger partial charge >= 0.3 is 0 Å². The molecule has 0 fully saturated rings. The lowest BCUT2D eigenvalue weighted by Gasteiger charge is -2.14. The zero-order valence-electron chi connectivity index (χ0n) is 13.3. The summed E-state index contributed by atoms with van der Waals surface area (Å²) >= 11 is 0. The molecule has 2 rings (SSSR count). The van der Waals surface area contributed by atoms with Gasteiger partial charge in [0, 0.05) is 0 Å². The van der Waals surface area contributed by atoms with Crippen molar-refractivity contribution < 1.29 is 9.84 Å². The zero-order chi connectivity index (χ0) is 15.4. The Morgan fingerprint density at radius 1 is 1.00 bits per heavy atom. The summed E-state index contributed by atoms with van der Waals surface area (Å²) in [5, 5.41) is 9.79. The molecule has 0 spiro atoms. The first-order valence-electron chi connectivity index (χ1n) is 7.48. The highest BCUT2D eigenvalue weighted by atomic mass is 16.5. The van der Waals surface area contributed by atoms with Crippen LogP contribution in [0.25, 0.3) is 0 Å². The maximum atomic E-state index is 9.79. The second-order valence-electron chi connectivity index (χ2n) is 5.66. The van der Waals surface area contributed by atoms with Gasteiger partial charge in [0.15, 0.2) is 0 Å². The monoisotopic (exact) mass is 284 g/mol. The largest absolute Gasteiger partial charge is 0.489 e. The minimum atomic E-state index is -0.388. The van der Waals surface area contributed by atoms with Crippen molar-refractivity contribution in [3.63, 3.8) is 0 Å². The molecule has 2 heteroatoms. The summed E-state index contributed by atoms with van der Waals surface area (Å²) in [6.07, 6.45) is 0.336. The van der Waals surface area contributed by atoms with E-state index in [0.717, 1.165) is 17.7 Å². The fourth-order valence-corrected chi connectivity index (χ4v) is 2.61. The van der Waals surface area contributed by atoms with E-state index in [1.54, 1.807) is 0 Å². The number of aryl methyl sites for hydroxylation is 3. The molecule has 0 aliphatic heterocycles. The standard InChI is InChI=1S/C19H24O2/c1-5-19(20)16-6-8-17(9-7-16)21-12-18-14(3)10-13(2)11-15(18)4/h6-11,19-20H,5,12H2,1-4H3. The quantitative estimate of drug-likeness (QED) is 0.867. The first-order chi connectivity index (χ1) is 10.0. The molecule has 112 valence electrons. The van der Waals surface area contributed by atoms with Crippen LogP contribution >= 0.6 is 0 Å². The first kappa shape index (κ1) is 15.6. The highest BCUT2D eigenvalue weighted by molar-refractivity contribution is 5.37. The predicted octanol–water partition coefficient (Wildman–Crippen LogP) is 4.63. The molecule has 0 amide bonds. The van der Waals surface area contributed by atoms with Crippen LogP contribution in [-0.2, 0) is 6.61 Å². The normalized spacial score (nSPS) is 12.2. The molecule has 0 heterocycles. The van der Waals surface area contributed by atoms with Crippen LogP contribution in [0.1, 0.15) is 47.3 Å². The number of hydrogen-bond donors (Lipinski definition) is 1. The predicted molar refractivity (Wildman–Crippen MR) is 86.7 cm³/mol. The van der Waals surface area contributed by atoms with Crippen molar-refractivity contribution in [1.82, 2.24) is 0 Å². The van der Waals surface area contributed by atoms with Crippen molar-refractivity contribution in [1.29, 1.82) is 0 Å². The summed E-state index contributed by atoms with van der Waals surface area (Å²) in [4.78, 5) is 0. The number of hydrogen-bond acceptors (Lipinski definition) is 2. The average molecular weight is 284 g/mol. The van der Waals surface area contributed by atoms with Crippen LogP contribution in [0.4, 0.5) is 0 Å². The van der Waals surface area contributed by atoms with Gasteiger partial charge in [0.25, 0.3) is 0 Å². The van der Waals surface area contributed by atoms with Gasteiger partial charge in [-0.25, -0.2) is 0 Å². The molecule has 0 aliphatic carbocycles. The Labute approximate surface area is 127 Å². The Morgan fingerprint density at radius 2 is 1.57 bits per heavy atom. The van der Waals surface area contributed by atoms with E-state index in [9.17, 15) is 5.11 Å². The molecule has 0 aliphatic rings. The Kier molecular flexibility index (Phi) is 5.03. The molecule has 2 nitrogen and oxygen atoms in total. The van der Waals surface area contributed by atoms with Gasteiger partial charge < -0.3 is 9.84 Å². The van der Waals surface area contributed by atoms with Crippen molar-refractivity contribution in [2.75, 3.05) is 0 Å². The SMILES string of the molecule is CCC(O)c1ccc(OCc2c(C)cc(C)cc2C)cc1. The summed E-state index contributed by atoms with van der Waals surface area (Å²) in [7, 11) is 0. The molecule has 1 unspecified atom stereocenters. The lowest BCUT2D eigenvalue weighted by molar-refractivity contribution is 0.173. The van der Waals surface area contributed by atoms with Crippen molar-refractivity contribution >= 4 is 0 Å². The molecule has 0 saturated heterocycles. The van der Waals surface area contributed by atoms with Crippen molar-refractivity contribution in [2.45, 2.75) is 46.8 Å². The van der Waals surface area contributed by atoms with Crippen LogP contribution in [0.15, 0.2) is 36.4 Å². The lowest BCUT2D eigenvalue weighted by Crippen LogP contribution is -2.02. The van der Waals surface area contributed by atoms with Crippen molar-refractivity contribution in [3.8, 4) is 5.75 Å². The Morgan fingerprint density at radius 3 is 2.10 bits per heavy atom. The van der Waals surface area contributed by atoms with Gasteiger partial charge in [-0.2, -0.15) is 0 Å². The summed E-state index contributed by atoms with van der Waals surface area (Å²) in [6.45, 7) is 8.91. The highest BCUT2D eigenvalue weighted by Crippen LogP contribution is 2.22. The second kappa shape index (κ2) is 6.77. The van der Waals surface area contributed by atoms with Gasteiger partial charge in [-0.3, -0.25) is 0 Å². The molecule has 0 bridgehead atoms. The third-order valence-corrected chi connectivity index (χ3v) is 3.88. The van der Waals surface area contributed by atoms with Gasteiger partial charge in [0.1, 0.15) is 12.4 Å². The van der Waals surface area contributed by atoms with Gasteiger partial charge in [-0.1, -0.05) is 36.8 Å². The zero-order valence-corrected chi connectivity index (χ0v) is 13.3. The van der Waals surface area contributed by atoms with E-state index in [-0.39, 0.29) is 6.10 Å². The van der Waals surface area contributed by atoms with Crippen LogP contribution < -0.4 is 4.74 Å². The van der Waals surface area contributed by atoms with E-state index in [1.807, 2.05) is 31.2 Å². The van der Waals surface area contributed by atoms with E-state index in [2.05, 4.69) is 32.9 Å². The highest BCUT2D eigenvalue weighted by Gasteiger charge is 2.07. The van der Waals surface area contributed by atoms with Crippen LogP contribution in [-0.4, -0.2) is 5.11 Å². The number of aliphatic hydroxyl groups is 1. The summed E-state index contributed by atoms with van der Waals surface area (Å²) in [5.74, 6) is 0.835. The lowest BCUT2D eigenvalue weighted by atomic mass is 10.0. The van der Waals surface area contributed by atoms with Crippen molar-refractivity contribution in [3.05, 3.63) is 64.2 Å². The molecule has 1 atom stereocenters. The third kappa shape index (κ3) is 3.85. The third-order valence-electron chi connectivity index (χ3n) is 3.88. The van der Waals surface area contributed by atoms with Gasteiger partial charge in [-0.05, 0) is 61.6 Å². The molecule has 21 heavy (non-hydrogen) atoms. The topological polar surface area (TPSA) is 29.5 Å². The van der Waals surface area contributed by atoms with Crippen LogP contribution in [0.3, 0.4) is 0 Å². The summed E-state index contributed by atoms with van der Waals surface area (Å²) in [6, 6.07) is 12.1. The molecular formula is C19H24O2. The van der Waals surface area contributed by atoms with Gasteiger partial charge in [0.2, 0.25) is 0 Å².